The summed E-state index contributed by atoms with van der Waals surface area (Å²) in [6.07, 6.45) is 9.05. The minimum Gasteiger partial charge on any atom is -0.392 e. The third kappa shape index (κ3) is 3.98. The van der Waals surface area contributed by atoms with Crippen molar-refractivity contribution in [3.8, 4) is 11.3 Å². The second-order valence-corrected chi connectivity index (χ2v) is 7.58. The van der Waals surface area contributed by atoms with Crippen LogP contribution in [0.4, 0.5) is 4.39 Å². The van der Waals surface area contributed by atoms with Crippen LogP contribution in [0, 0.1) is 0 Å². The number of dihydropyridines is 1. The van der Waals surface area contributed by atoms with Crippen molar-refractivity contribution >= 4 is 5.91 Å². The van der Waals surface area contributed by atoms with E-state index < -0.39 is 6.04 Å². The second-order valence-electron chi connectivity index (χ2n) is 7.58. The van der Waals surface area contributed by atoms with Gasteiger partial charge >= 0.3 is 0 Å². The van der Waals surface area contributed by atoms with Crippen molar-refractivity contribution in [2.45, 2.75) is 38.3 Å². The standard InChI is InChI=1S/C23H25FN4O2/c1-2-20-22(26-9-8-25-20)15-3-5-19(17(11-15)14-29)16-7-10-28(13-16)23(30)21-6-4-18(24)12-27-21/h3-6,8-9,11-12,16,21,27,29H,2,7,10,13-14H2,1H3. The molecule has 6 nitrogen and oxygen atoms in total. The number of aliphatic hydroxyl groups is 1. The van der Waals surface area contributed by atoms with Crippen molar-refractivity contribution in [3.05, 3.63) is 71.6 Å². The third-order valence-corrected chi connectivity index (χ3v) is 5.75. The highest BCUT2D eigenvalue weighted by Crippen LogP contribution is 2.33. The summed E-state index contributed by atoms with van der Waals surface area (Å²) < 4.78 is 13.1. The number of nitrogens with zero attached hydrogens (tertiary/aromatic N) is 3. The molecule has 2 aromatic rings. The molecule has 0 bridgehead atoms. The molecular formula is C23H25FN4O2. The summed E-state index contributed by atoms with van der Waals surface area (Å²) in [5.74, 6) is -0.301. The van der Waals surface area contributed by atoms with E-state index in [1.807, 2.05) is 25.1 Å². The Hall–Kier alpha value is -3.06. The number of aliphatic hydroxyl groups excluding tert-OH is 1. The molecule has 2 unspecified atom stereocenters. The van der Waals surface area contributed by atoms with Crippen LogP contribution in [-0.2, 0) is 17.8 Å². The van der Waals surface area contributed by atoms with Gasteiger partial charge in [0.05, 0.1) is 18.0 Å². The maximum atomic E-state index is 13.1. The van der Waals surface area contributed by atoms with Gasteiger partial charge in [-0.3, -0.25) is 14.8 Å². The fraction of sp³-hybridized carbons (Fsp3) is 0.348. The SMILES string of the molecule is CCc1nccnc1-c1ccc(C2CCN(C(=O)C3C=CC(F)=CN3)C2)c(CO)c1. The van der Waals surface area contributed by atoms with Gasteiger partial charge in [0.1, 0.15) is 11.9 Å². The molecule has 1 aromatic heterocycles. The normalized spacial score (nSPS) is 20.8. The van der Waals surface area contributed by atoms with E-state index in [1.54, 1.807) is 23.4 Å². The summed E-state index contributed by atoms with van der Waals surface area (Å²) in [6, 6.07) is 5.49. The van der Waals surface area contributed by atoms with Crippen LogP contribution >= 0.6 is 0 Å². The van der Waals surface area contributed by atoms with Crippen molar-refractivity contribution in [1.29, 1.82) is 0 Å². The lowest BCUT2D eigenvalue weighted by Crippen LogP contribution is -2.43. The van der Waals surface area contributed by atoms with E-state index in [0.717, 1.165) is 40.9 Å². The molecule has 4 rings (SSSR count). The number of carbonyl (C=O) groups excluding carboxylic acids is 1. The van der Waals surface area contributed by atoms with Crippen LogP contribution in [-0.4, -0.2) is 45.0 Å². The Kier molecular flexibility index (Phi) is 5.90. The lowest BCUT2D eigenvalue weighted by atomic mass is 9.91. The number of benzene rings is 1. The lowest BCUT2D eigenvalue weighted by Gasteiger charge is -2.23. The van der Waals surface area contributed by atoms with Gasteiger partial charge in [0.2, 0.25) is 5.91 Å². The Labute approximate surface area is 175 Å². The van der Waals surface area contributed by atoms with Crippen molar-refractivity contribution in [1.82, 2.24) is 20.2 Å². The van der Waals surface area contributed by atoms with Crippen LogP contribution in [0.15, 0.2) is 54.8 Å². The summed E-state index contributed by atoms with van der Waals surface area (Å²) in [5.41, 5.74) is 4.59. The molecule has 0 spiro atoms. The first kappa shape index (κ1) is 20.2. The van der Waals surface area contributed by atoms with E-state index >= 15 is 0 Å². The highest BCUT2D eigenvalue weighted by atomic mass is 19.1. The average molecular weight is 408 g/mol. The Morgan fingerprint density at radius 2 is 2.17 bits per heavy atom. The number of hydrogen-bond acceptors (Lipinski definition) is 5. The zero-order chi connectivity index (χ0) is 21.1. The molecule has 3 heterocycles. The van der Waals surface area contributed by atoms with Crippen LogP contribution < -0.4 is 5.32 Å². The minimum atomic E-state index is -0.535. The maximum absolute atomic E-state index is 13.1. The molecule has 0 saturated carbocycles. The molecule has 2 atom stereocenters. The number of carbonyl (C=O) groups is 1. The molecule has 1 aromatic carbocycles. The van der Waals surface area contributed by atoms with Crippen LogP contribution in [0.2, 0.25) is 0 Å². The number of likely N-dealkylation sites (tertiary alicyclic amines) is 1. The monoisotopic (exact) mass is 408 g/mol. The zero-order valence-electron chi connectivity index (χ0n) is 16.9. The van der Waals surface area contributed by atoms with Crippen LogP contribution in [0.1, 0.15) is 36.1 Å². The third-order valence-electron chi connectivity index (χ3n) is 5.75. The first-order valence-electron chi connectivity index (χ1n) is 10.2. The Morgan fingerprint density at radius 3 is 2.90 bits per heavy atom. The molecule has 7 heteroatoms. The van der Waals surface area contributed by atoms with Crippen LogP contribution in [0.5, 0.6) is 0 Å². The topological polar surface area (TPSA) is 78.4 Å². The molecule has 2 aliphatic rings. The highest BCUT2D eigenvalue weighted by Gasteiger charge is 2.32. The molecule has 2 N–H and O–H groups in total. The summed E-state index contributed by atoms with van der Waals surface area (Å²) in [7, 11) is 0. The molecule has 0 radical (unpaired) electrons. The quantitative estimate of drug-likeness (QED) is 0.796. The van der Waals surface area contributed by atoms with E-state index in [9.17, 15) is 14.3 Å². The minimum absolute atomic E-state index is 0.0631. The van der Waals surface area contributed by atoms with E-state index in [-0.39, 0.29) is 24.3 Å². The fourth-order valence-electron chi connectivity index (χ4n) is 4.18. The number of hydrogen-bond donors (Lipinski definition) is 2. The van der Waals surface area contributed by atoms with Crippen LogP contribution in [0.25, 0.3) is 11.3 Å². The number of amides is 1. The van der Waals surface area contributed by atoms with Crippen molar-refractivity contribution < 1.29 is 14.3 Å². The predicted octanol–water partition coefficient (Wildman–Crippen LogP) is 2.85. The van der Waals surface area contributed by atoms with E-state index in [0.29, 0.717) is 13.1 Å². The first-order chi connectivity index (χ1) is 14.6. The first-order valence-corrected chi connectivity index (χ1v) is 10.2. The number of rotatable bonds is 5. The number of aryl methyl sites for hydroxylation is 1. The summed E-state index contributed by atoms with van der Waals surface area (Å²) in [6.45, 7) is 3.18. The predicted molar refractivity (Wildman–Crippen MR) is 112 cm³/mol. The zero-order valence-corrected chi connectivity index (χ0v) is 16.9. The Bertz CT molecular complexity index is 1000. The number of aromatic nitrogens is 2. The molecular weight excluding hydrogens is 383 g/mol. The van der Waals surface area contributed by atoms with Gasteiger partial charge in [-0.2, -0.15) is 0 Å². The van der Waals surface area contributed by atoms with Gasteiger partial charge in [-0.15, -0.1) is 0 Å². The molecule has 1 saturated heterocycles. The van der Waals surface area contributed by atoms with Gasteiger partial charge in [-0.1, -0.05) is 19.1 Å². The van der Waals surface area contributed by atoms with Gasteiger partial charge < -0.3 is 15.3 Å². The molecule has 1 amide bonds. The largest absolute Gasteiger partial charge is 0.392 e. The van der Waals surface area contributed by atoms with Gasteiger partial charge in [0.15, 0.2) is 0 Å². The van der Waals surface area contributed by atoms with Crippen molar-refractivity contribution in [3.63, 3.8) is 0 Å². The molecule has 30 heavy (non-hydrogen) atoms. The Balaban J connectivity index is 1.52. The second kappa shape index (κ2) is 8.75. The lowest BCUT2D eigenvalue weighted by molar-refractivity contribution is -0.131. The molecule has 2 aliphatic heterocycles. The number of nitrogens with one attached hydrogen (secondary N) is 1. The Morgan fingerprint density at radius 1 is 1.33 bits per heavy atom. The number of allylic oxidation sites excluding steroid dienone is 2. The molecule has 0 aliphatic carbocycles. The summed E-state index contributed by atoms with van der Waals surface area (Å²) in [5, 5.41) is 12.8. The van der Waals surface area contributed by atoms with Crippen LogP contribution in [0.3, 0.4) is 0 Å². The molecule has 1 fully saturated rings. The van der Waals surface area contributed by atoms with Gasteiger partial charge in [-0.05, 0) is 42.2 Å². The van der Waals surface area contributed by atoms with E-state index in [2.05, 4.69) is 15.3 Å². The van der Waals surface area contributed by atoms with Crippen molar-refractivity contribution in [2.24, 2.45) is 0 Å². The number of halogens is 1. The fourth-order valence-corrected chi connectivity index (χ4v) is 4.18. The van der Waals surface area contributed by atoms with Crippen molar-refractivity contribution in [2.75, 3.05) is 13.1 Å². The van der Waals surface area contributed by atoms with E-state index in [4.69, 9.17) is 0 Å². The van der Waals surface area contributed by atoms with E-state index in [1.165, 1.54) is 12.3 Å². The summed E-state index contributed by atoms with van der Waals surface area (Å²) in [4.78, 5) is 23.4. The average Bonchev–Trinajstić information content (AvgIpc) is 3.28. The molecule has 156 valence electrons. The van der Waals surface area contributed by atoms with Gasteiger partial charge in [0, 0.05) is 43.2 Å². The summed E-state index contributed by atoms with van der Waals surface area (Å²) >= 11 is 0. The smallest absolute Gasteiger partial charge is 0.249 e. The van der Waals surface area contributed by atoms with Gasteiger partial charge in [-0.25, -0.2) is 4.39 Å². The maximum Gasteiger partial charge on any atom is 0.249 e. The van der Waals surface area contributed by atoms with Gasteiger partial charge in [0.25, 0.3) is 0 Å². The highest BCUT2D eigenvalue weighted by molar-refractivity contribution is 5.84.